The van der Waals surface area contributed by atoms with E-state index >= 15 is 0 Å². The number of carboxylic acids is 1. The van der Waals surface area contributed by atoms with Crippen molar-refractivity contribution in [3.8, 4) is 0 Å². The minimum Gasteiger partial charge on any atom is -0.481 e. The lowest BCUT2D eigenvalue weighted by Crippen LogP contribution is -2.05. The van der Waals surface area contributed by atoms with Gasteiger partial charge in [-0.25, -0.2) is 4.98 Å². The molecule has 0 aromatic carbocycles. The Morgan fingerprint density at radius 2 is 2.20 bits per heavy atom. The van der Waals surface area contributed by atoms with Crippen molar-refractivity contribution in [3.63, 3.8) is 0 Å². The van der Waals surface area contributed by atoms with E-state index in [1.54, 1.807) is 18.2 Å². The Morgan fingerprint density at radius 3 is 2.87 bits per heavy atom. The average Bonchev–Trinajstić information content (AvgIpc) is 2.44. The number of fused-ring (bicyclic) bond motifs is 1. The Balaban J connectivity index is 2.70. The first-order valence-electron chi connectivity index (χ1n) is 4.12. The van der Waals surface area contributed by atoms with Crippen LogP contribution in [0.3, 0.4) is 0 Å². The van der Waals surface area contributed by atoms with Crippen molar-refractivity contribution in [1.82, 2.24) is 9.38 Å². The molecule has 78 valence electrons. The fourth-order valence-electron chi connectivity index (χ4n) is 1.38. The molecule has 0 saturated carbocycles. The Hall–Kier alpha value is -1.26. The molecule has 0 saturated heterocycles. The zero-order valence-corrected chi connectivity index (χ0v) is 8.96. The van der Waals surface area contributed by atoms with Crippen molar-refractivity contribution in [2.24, 2.45) is 0 Å². The van der Waals surface area contributed by atoms with Gasteiger partial charge in [-0.1, -0.05) is 29.3 Å². The van der Waals surface area contributed by atoms with Gasteiger partial charge in [-0.15, -0.1) is 0 Å². The van der Waals surface area contributed by atoms with E-state index in [0.29, 0.717) is 16.5 Å². The third-order valence-corrected chi connectivity index (χ3v) is 2.52. The fraction of sp³-hybridized carbons (Fsp3) is 0.111. The monoisotopic (exact) mass is 244 g/mol. The molecule has 2 rings (SSSR count). The summed E-state index contributed by atoms with van der Waals surface area (Å²) >= 11 is 11.8. The summed E-state index contributed by atoms with van der Waals surface area (Å²) < 4.78 is 1.53. The van der Waals surface area contributed by atoms with Gasteiger partial charge < -0.3 is 5.11 Å². The van der Waals surface area contributed by atoms with Crippen LogP contribution in [0.15, 0.2) is 18.2 Å². The summed E-state index contributed by atoms with van der Waals surface area (Å²) in [5.74, 6) is -0.647. The maximum Gasteiger partial charge on any atom is 0.311 e. The van der Waals surface area contributed by atoms with Gasteiger partial charge in [0, 0.05) is 0 Å². The molecule has 0 spiro atoms. The summed E-state index contributed by atoms with van der Waals surface area (Å²) in [6, 6.07) is 5.11. The van der Waals surface area contributed by atoms with Crippen molar-refractivity contribution >= 4 is 34.7 Å². The number of imidazole rings is 1. The summed E-state index contributed by atoms with van der Waals surface area (Å²) in [5.41, 5.74) is 0.611. The predicted molar refractivity (Wildman–Crippen MR) is 56.6 cm³/mol. The van der Waals surface area contributed by atoms with Gasteiger partial charge in [0.05, 0.1) is 5.52 Å². The number of hydrogen-bond donors (Lipinski definition) is 1. The summed E-state index contributed by atoms with van der Waals surface area (Å²) in [7, 11) is 0. The van der Waals surface area contributed by atoms with Gasteiger partial charge in [0.15, 0.2) is 5.15 Å². The van der Waals surface area contributed by atoms with Gasteiger partial charge in [0.2, 0.25) is 0 Å². The van der Waals surface area contributed by atoms with Crippen molar-refractivity contribution < 1.29 is 9.90 Å². The molecule has 1 N–H and O–H groups in total. The molecular formula is C9H6Cl2N2O2. The molecule has 0 aliphatic heterocycles. The van der Waals surface area contributed by atoms with Crippen LogP contribution in [-0.4, -0.2) is 20.5 Å². The Kier molecular flexibility index (Phi) is 2.54. The van der Waals surface area contributed by atoms with Crippen LogP contribution in [0, 0.1) is 0 Å². The van der Waals surface area contributed by atoms with Crippen LogP contribution < -0.4 is 0 Å². The molecule has 0 aliphatic carbocycles. The lowest BCUT2D eigenvalue weighted by atomic mass is 10.4. The maximum atomic E-state index is 10.6. The number of pyridine rings is 1. The number of rotatable bonds is 2. The molecule has 0 atom stereocenters. The third-order valence-electron chi connectivity index (χ3n) is 1.95. The second kappa shape index (κ2) is 3.72. The van der Waals surface area contributed by atoms with E-state index in [-0.39, 0.29) is 11.6 Å². The number of aliphatic carboxylic acids is 1. The van der Waals surface area contributed by atoms with Gasteiger partial charge in [-0.05, 0) is 12.1 Å². The minimum absolute atomic E-state index is 0.211. The van der Waals surface area contributed by atoms with E-state index in [4.69, 9.17) is 28.3 Å². The van der Waals surface area contributed by atoms with E-state index in [1.807, 2.05) is 0 Å². The van der Waals surface area contributed by atoms with Gasteiger partial charge in [-0.2, -0.15) is 0 Å². The predicted octanol–water partition coefficient (Wildman–Crippen LogP) is 2.27. The van der Waals surface area contributed by atoms with E-state index in [1.165, 1.54) is 4.40 Å². The maximum absolute atomic E-state index is 10.6. The summed E-state index contributed by atoms with van der Waals surface area (Å²) in [6.07, 6.45) is -0.211. The molecule has 0 unspecified atom stereocenters. The number of nitrogens with zero attached hydrogens (tertiary/aromatic N) is 2. The van der Waals surface area contributed by atoms with Crippen molar-refractivity contribution in [2.75, 3.05) is 0 Å². The standard InChI is InChI=1S/C9H6Cl2N2O2/c10-6-3-1-2-5-9(11)12-7(13(5)6)4-8(14)15/h1-3H,4H2,(H,14,15). The number of hydrogen-bond acceptors (Lipinski definition) is 2. The topological polar surface area (TPSA) is 54.6 Å². The highest BCUT2D eigenvalue weighted by atomic mass is 35.5. The molecule has 2 aromatic heterocycles. The van der Waals surface area contributed by atoms with Gasteiger partial charge in [0.25, 0.3) is 0 Å². The van der Waals surface area contributed by atoms with E-state index in [0.717, 1.165) is 0 Å². The van der Waals surface area contributed by atoms with Crippen molar-refractivity contribution in [1.29, 1.82) is 0 Å². The number of carboxylic acid groups (broad SMARTS) is 1. The quantitative estimate of drug-likeness (QED) is 0.825. The van der Waals surface area contributed by atoms with E-state index in [9.17, 15) is 4.79 Å². The minimum atomic E-state index is -0.974. The van der Waals surface area contributed by atoms with Crippen LogP contribution in [0.2, 0.25) is 10.3 Å². The summed E-state index contributed by atoms with van der Waals surface area (Å²) in [4.78, 5) is 14.5. The number of carbonyl (C=O) groups is 1. The van der Waals surface area contributed by atoms with Crippen LogP contribution in [0.1, 0.15) is 5.82 Å². The molecule has 4 nitrogen and oxygen atoms in total. The lowest BCUT2D eigenvalue weighted by Gasteiger charge is -2.00. The van der Waals surface area contributed by atoms with Crippen molar-refractivity contribution in [3.05, 3.63) is 34.3 Å². The van der Waals surface area contributed by atoms with Crippen LogP contribution >= 0.6 is 23.2 Å². The molecular weight excluding hydrogens is 239 g/mol. The van der Waals surface area contributed by atoms with Gasteiger partial charge >= 0.3 is 5.97 Å². The Bertz CT molecular complexity index is 536. The Labute approximate surface area is 95.1 Å². The average molecular weight is 245 g/mol. The number of halogens is 2. The van der Waals surface area contributed by atoms with Crippen LogP contribution in [-0.2, 0) is 11.2 Å². The Morgan fingerprint density at radius 1 is 1.47 bits per heavy atom. The zero-order chi connectivity index (χ0) is 11.0. The first-order valence-corrected chi connectivity index (χ1v) is 4.88. The molecule has 0 fully saturated rings. The van der Waals surface area contributed by atoms with Crippen LogP contribution in [0.4, 0.5) is 0 Å². The highest BCUT2D eigenvalue weighted by molar-refractivity contribution is 6.33. The van der Waals surface area contributed by atoms with Crippen molar-refractivity contribution in [2.45, 2.75) is 6.42 Å². The second-order valence-corrected chi connectivity index (χ2v) is 3.70. The third kappa shape index (κ3) is 1.78. The fourth-order valence-corrected chi connectivity index (χ4v) is 1.89. The second-order valence-electron chi connectivity index (χ2n) is 2.96. The molecule has 0 aliphatic rings. The van der Waals surface area contributed by atoms with Gasteiger partial charge in [-0.3, -0.25) is 9.20 Å². The first kappa shape index (κ1) is 10.3. The lowest BCUT2D eigenvalue weighted by molar-refractivity contribution is -0.136. The summed E-state index contributed by atoms with van der Waals surface area (Å²) in [5, 5.41) is 9.34. The largest absolute Gasteiger partial charge is 0.481 e. The molecule has 0 bridgehead atoms. The van der Waals surface area contributed by atoms with E-state index in [2.05, 4.69) is 4.98 Å². The van der Waals surface area contributed by atoms with Crippen LogP contribution in [0.25, 0.3) is 5.52 Å². The molecule has 2 heterocycles. The SMILES string of the molecule is O=C(O)Cc1nc(Cl)c2cccc(Cl)n12. The van der Waals surface area contributed by atoms with Gasteiger partial charge in [0.1, 0.15) is 17.4 Å². The summed E-state index contributed by atoms with van der Waals surface area (Å²) in [6.45, 7) is 0. The normalized spacial score (nSPS) is 10.8. The molecule has 0 radical (unpaired) electrons. The zero-order valence-electron chi connectivity index (χ0n) is 7.44. The molecule has 6 heteroatoms. The first-order chi connectivity index (χ1) is 7.09. The highest BCUT2D eigenvalue weighted by Gasteiger charge is 2.13. The highest BCUT2D eigenvalue weighted by Crippen LogP contribution is 2.22. The van der Waals surface area contributed by atoms with Crippen LogP contribution in [0.5, 0.6) is 0 Å². The number of aromatic nitrogens is 2. The molecule has 15 heavy (non-hydrogen) atoms. The van der Waals surface area contributed by atoms with E-state index < -0.39 is 5.97 Å². The molecule has 0 amide bonds. The molecule has 2 aromatic rings. The smallest absolute Gasteiger partial charge is 0.311 e.